The van der Waals surface area contributed by atoms with E-state index in [1.54, 1.807) is 0 Å². The number of alkyl halides is 1. The highest BCUT2D eigenvalue weighted by molar-refractivity contribution is 9.09. The molecule has 1 atom stereocenters. The van der Waals surface area contributed by atoms with Crippen LogP contribution in [0.3, 0.4) is 0 Å². The van der Waals surface area contributed by atoms with E-state index in [0.29, 0.717) is 0 Å². The number of piperazine rings is 1. The molecule has 1 unspecified atom stereocenters. The van der Waals surface area contributed by atoms with Crippen LogP contribution >= 0.6 is 15.9 Å². The molecule has 1 fully saturated rings. The van der Waals surface area contributed by atoms with E-state index in [9.17, 15) is 0 Å². The fraction of sp³-hybridized carbons (Fsp3) is 0.647. The van der Waals surface area contributed by atoms with Crippen LogP contribution in [0.15, 0.2) is 30.3 Å². The summed E-state index contributed by atoms with van der Waals surface area (Å²) >= 11 is 3.66. The van der Waals surface area contributed by atoms with Crippen molar-refractivity contribution in [3.8, 4) is 0 Å². The molecule has 1 aliphatic rings. The zero-order chi connectivity index (χ0) is 14.2. The second-order valence-corrected chi connectivity index (χ2v) is 6.52. The van der Waals surface area contributed by atoms with Crippen LogP contribution in [0.4, 0.5) is 0 Å². The number of nitrogens with zero attached hydrogens (tertiary/aromatic N) is 2. The van der Waals surface area contributed by atoms with Crippen LogP contribution < -0.4 is 0 Å². The average molecular weight is 339 g/mol. The molecule has 2 nitrogen and oxygen atoms in total. The van der Waals surface area contributed by atoms with Gasteiger partial charge in [0.25, 0.3) is 0 Å². The minimum Gasteiger partial charge on any atom is -0.300 e. The minimum atomic E-state index is 0.820. The van der Waals surface area contributed by atoms with Crippen molar-refractivity contribution in [3.63, 3.8) is 0 Å². The van der Waals surface area contributed by atoms with Crippen molar-refractivity contribution in [2.75, 3.05) is 38.1 Å². The summed E-state index contributed by atoms with van der Waals surface area (Å²) in [5, 5.41) is 1.14. The van der Waals surface area contributed by atoms with Gasteiger partial charge in [-0.2, -0.15) is 0 Å². The van der Waals surface area contributed by atoms with Gasteiger partial charge in [-0.25, -0.2) is 0 Å². The highest BCUT2D eigenvalue weighted by atomic mass is 79.9. The SMILES string of the molecule is CCCC(CBr)CN1CCN(Cc2ccccc2)CC1. The molecule has 0 aromatic heterocycles. The Balaban J connectivity index is 1.72. The lowest BCUT2D eigenvalue weighted by Crippen LogP contribution is -2.47. The second-order valence-electron chi connectivity index (χ2n) is 5.87. The predicted molar refractivity (Wildman–Crippen MR) is 90.4 cm³/mol. The Kier molecular flexibility index (Phi) is 7.05. The maximum atomic E-state index is 3.66. The molecule has 0 bridgehead atoms. The van der Waals surface area contributed by atoms with Gasteiger partial charge in [-0.3, -0.25) is 4.90 Å². The fourth-order valence-corrected chi connectivity index (χ4v) is 3.49. The Morgan fingerprint density at radius 2 is 1.70 bits per heavy atom. The Morgan fingerprint density at radius 1 is 1.05 bits per heavy atom. The van der Waals surface area contributed by atoms with Crippen molar-refractivity contribution < 1.29 is 0 Å². The lowest BCUT2D eigenvalue weighted by molar-refractivity contribution is 0.114. The molecular formula is C17H27BrN2. The van der Waals surface area contributed by atoms with Crippen molar-refractivity contribution in [1.82, 2.24) is 9.80 Å². The van der Waals surface area contributed by atoms with Gasteiger partial charge in [-0.15, -0.1) is 0 Å². The van der Waals surface area contributed by atoms with Crippen molar-refractivity contribution >= 4 is 15.9 Å². The van der Waals surface area contributed by atoms with Gasteiger partial charge >= 0.3 is 0 Å². The minimum absolute atomic E-state index is 0.820. The average Bonchev–Trinajstić information content (AvgIpc) is 2.50. The summed E-state index contributed by atoms with van der Waals surface area (Å²) in [6.45, 7) is 9.50. The van der Waals surface area contributed by atoms with E-state index in [1.165, 1.54) is 51.1 Å². The second kappa shape index (κ2) is 8.81. The van der Waals surface area contributed by atoms with Crippen molar-refractivity contribution in [2.24, 2.45) is 5.92 Å². The standard InChI is InChI=1S/C17H27BrN2/c1-2-6-17(13-18)15-20-11-9-19(10-12-20)14-16-7-4-3-5-8-16/h3-5,7-8,17H,2,6,9-15H2,1H3. The summed E-state index contributed by atoms with van der Waals surface area (Å²) in [7, 11) is 0. The van der Waals surface area contributed by atoms with Crippen LogP contribution in [0.25, 0.3) is 0 Å². The van der Waals surface area contributed by atoms with Gasteiger partial charge in [-0.05, 0) is 17.9 Å². The topological polar surface area (TPSA) is 6.48 Å². The molecule has 1 aliphatic heterocycles. The third-order valence-corrected chi connectivity index (χ3v) is 5.06. The Hall–Kier alpha value is -0.380. The molecule has 1 aromatic rings. The zero-order valence-electron chi connectivity index (χ0n) is 12.6. The Morgan fingerprint density at radius 3 is 2.30 bits per heavy atom. The molecule has 112 valence electrons. The number of rotatable bonds is 7. The highest BCUT2D eigenvalue weighted by Gasteiger charge is 2.19. The van der Waals surface area contributed by atoms with Crippen LogP contribution in [0.1, 0.15) is 25.3 Å². The third kappa shape index (κ3) is 5.19. The predicted octanol–water partition coefficient (Wildman–Crippen LogP) is 3.62. The smallest absolute Gasteiger partial charge is 0.0234 e. The van der Waals surface area contributed by atoms with Crippen LogP contribution in [0, 0.1) is 5.92 Å². The van der Waals surface area contributed by atoms with Gasteiger partial charge in [0, 0.05) is 44.6 Å². The number of halogens is 1. The molecule has 0 N–H and O–H groups in total. The molecule has 3 heteroatoms. The first-order valence-electron chi connectivity index (χ1n) is 7.86. The quantitative estimate of drug-likeness (QED) is 0.700. The zero-order valence-corrected chi connectivity index (χ0v) is 14.2. The third-order valence-electron chi connectivity index (χ3n) is 4.15. The molecule has 0 aliphatic carbocycles. The van der Waals surface area contributed by atoms with Gasteiger partial charge in [0.1, 0.15) is 0 Å². The van der Waals surface area contributed by atoms with E-state index >= 15 is 0 Å². The number of benzene rings is 1. The maximum Gasteiger partial charge on any atom is 0.0234 e. The number of hydrogen-bond donors (Lipinski definition) is 0. The van der Waals surface area contributed by atoms with E-state index in [0.717, 1.165) is 17.8 Å². The lowest BCUT2D eigenvalue weighted by atomic mass is 10.1. The van der Waals surface area contributed by atoms with Gasteiger partial charge in [0.15, 0.2) is 0 Å². The first kappa shape index (κ1) is 16.0. The first-order chi connectivity index (χ1) is 9.81. The summed E-state index contributed by atoms with van der Waals surface area (Å²) in [4.78, 5) is 5.22. The molecule has 2 rings (SSSR count). The lowest BCUT2D eigenvalue weighted by Gasteiger charge is -2.36. The summed E-state index contributed by atoms with van der Waals surface area (Å²) in [6.07, 6.45) is 2.64. The van der Waals surface area contributed by atoms with Crippen molar-refractivity contribution in [2.45, 2.75) is 26.3 Å². The monoisotopic (exact) mass is 338 g/mol. The molecular weight excluding hydrogens is 312 g/mol. The van der Waals surface area contributed by atoms with Crippen LogP contribution in [0.2, 0.25) is 0 Å². The molecule has 0 radical (unpaired) electrons. The number of hydrogen-bond acceptors (Lipinski definition) is 2. The maximum absolute atomic E-state index is 3.66. The molecule has 20 heavy (non-hydrogen) atoms. The van der Waals surface area contributed by atoms with Crippen LogP contribution in [0.5, 0.6) is 0 Å². The normalized spacial score (nSPS) is 19.1. The fourth-order valence-electron chi connectivity index (χ4n) is 2.96. The first-order valence-corrected chi connectivity index (χ1v) is 8.98. The molecule has 1 aromatic carbocycles. The summed E-state index contributed by atoms with van der Waals surface area (Å²) in [5.74, 6) is 0.820. The highest BCUT2D eigenvalue weighted by Crippen LogP contribution is 2.14. The van der Waals surface area contributed by atoms with Gasteiger partial charge in [0.05, 0.1) is 0 Å². The van der Waals surface area contributed by atoms with Gasteiger partial charge in [0.2, 0.25) is 0 Å². The van der Waals surface area contributed by atoms with Crippen molar-refractivity contribution in [1.29, 1.82) is 0 Å². The Labute approximate surface area is 132 Å². The summed E-state index contributed by atoms with van der Waals surface area (Å²) in [6, 6.07) is 10.8. The largest absolute Gasteiger partial charge is 0.300 e. The molecule has 0 saturated carbocycles. The van der Waals surface area contributed by atoms with E-state index < -0.39 is 0 Å². The molecule has 0 amide bonds. The molecule has 1 saturated heterocycles. The van der Waals surface area contributed by atoms with Crippen molar-refractivity contribution in [3.05, 3.63) is 35.9 Å². The van der Waals surface area contributed by atoms with E-state index in [-0.39, 0.29) is 0 Å². The van der Waals surface area contributed by atoms with Crippen LogP contribution in [-0.4, -0.2) is 47.9 Å². The molecule has 1 heterocycles. The summed E-state index contributed by atoms with van der Waals surface area (Å²) in [5.41, 5.74) is 1.44. The van der Waals surface area contributed by atoms with Crippen LogP contribution in [-0.2, 0) is 6.54 Å². The van der Waals surface area contributed by atoms with E-state index in [1.807, 2.05) is 0 Å². The van der Waals surface area contributed by atoms with E-state index in [4.69, 9.17) is 0 Å². The summed E-state index contributed by atoms with van der Waals surface area (Å²) < 4.78 is 0. The van der Waals surface area contributed by atoms with E-state index in [2.05, 4.69) is 63.0 Å². The van der Waals surface area contributed by atoms with Gasteiger partial charge in [-0.1, -0.05) is 59.6 Å². The Bertz CT molecular complexity index is 361. The van der Waals surface area contributed by atoms with Gasteiger partial charge < -0.3 is 4.90 Å². The molecule has 0 spiro atoms.